The molecule has 0 saturated carbocycles. The number of halogens is 3. The van der Waals surface area contributed by atoms with Crippen LogP contribution in [0.25, 0.3) is 22.4 Å². The summed E-state index contributed by atoms with van der Waals surface area (Å²) >= 11 is 2.20. The summed E-state index contributed by atoms with van der Waals surface area (Å²) in [4.78, 5) is 7.07. The van der Waals surface area contributed by atoms with Gasteiger partial charge in [0.05, 0.1) is 5.52 Å². The largest absolute Gasteiger partial charge is 0.338 e. The molecule has 0 aliphatic heterocycles. The monoisotopic (exact) mass is 356 g/mol. The van der Waals surface area contributed by atoms with Gasteiger partial charge in [-0.05, 0) is 40.8 Å². The maximum atomic E-state index is 13.5. The number of fused-ring (bicyclic) bond motifs is 1. The quantitative estimate of drug-likeness (QED) is 0.653. The Bertz CT molecular complexity index is 720. The van der Waals surface area contributed by atoms with Crippen LogP contribution in [0, 0.1) is 15.2 Å². The minimum absolute atomic E-state index is 0.157. The van der Waals surface area contributed by atoms with Gasteiger partial charge in [0.25, 0.3) is 0 Å². The van der Waals surface area contributed by atoms with Gasteiger partial charge in [0.1, 0.15) is 17.2 Å². The van der Waals surface area contributed by atoms with Crippen LogP contribution in [0.1, 0.15) is 0 Å². The number of nitrogens with one attached hydrogen (secondary N) is 1. The van der Waals surface area contributed by atoms with Crippen molar-refractivity contribution in [1.29, 1.82) is 0 Å². The standard InChI is InChI=1S/C13H7F2IN2/c14-8-5-10(15)12-11(6-8)17-13(18-12)7-1-3-9(16)4-2-7/h1-6H,(H,17,18). The summed E-state index contributed by atoms with van der Waals surface area (Å²) in [5, 5.41) is 0. The van der Waals surface area contributed by atoms with Gasteiger partial charge in [0.15, 0.2) is 5.82 Å². The number of H-pyrrole nitrogens is 1. The topological polar surface area (TPSA) is 28.7 Å². The molecule has 90 valence electrons. The molecule has 18 heavy (non-hydrogen) atoms. The third-order valence-electron chi connectivity index (χ3n) is 2.62. The minimum Gasteiger partial charge on any atom is -0.338 e. The van der Waals surface area contributed by atoms with E-state index in [9.17, 15) is 8.78 Å². The average molecular weight is 356 g/mol. The first-order valence-electron chi connectivity index (χ1n) is 5.24. The smallest absolute Gasteiger partial charge is 0.153 e. The lowest BCUT2D eigenvalue weighted by Gasteiger charge is -1.95. The Morgan fingerprint density at radius 1 is 1.06 bits per heavy atom. The Labute approximate surface area is 115 Å². The number of aromatic amines is 1. The molecular weight excluding hydrogens is 349 g/mol. The number of hydrogen-bond donors (Lipinski definition) is 1. The summed E-state index contributed by atoms with van der Waals surface area (Å²) in [7, 11) is 0. The molecule has 3 rings (SSSR count). The Morgan fingerprint density at radius 2 is 1.78 bits per heavy atom. The van der Waals surface area contributed by atoms with Crippen molar-refractivity contribution in [3.8, 4) is 11.4 Å². The van der Waals surface area contributed by atoms with Gasteiger partial charge in [0, 0.05) is 15.2 Å². The molecule has 2 aromatic carbocycles. The van der Waals surface area contributed by atoms with E-state index < -0.39 is 11.6 Å². The molecule has 0 bridgehead atoms. The van der Waals surface area contributed by atoms with Gasteiger partial charge in [-0.25, -0.2) is 13.8 Å². The predicted octanol–water partition coefficient (Wildman–Crippen LogP) is 4.11. The molecule has 0 saturated heterocycles. The Hall–Kier alpha value is -1.50. The summed E-state index contributed by atoms with van der Waals surface area (Å²) in [6.07, 6.45) is 0. The summed E-state index contributed by atoms with van der Waals surface area (Å²) in [6, 6.07) is 9.70. The summed E-state index contributed by atoms with van der Waals surface area (Å²) < 4.78 is 27.7. The van der Waals surface area contributed by atoms with Crippen molar-refractivity contribution < 1.29 is 8.78 Å². The lowest BCUT2D eigenvalue weighted by atomic mass is 10.2. The highest BCUT2D eigenvalue weighted by molar-refractivity contribution is 14.1. The second kappa shape index (κ2) is 4.31. The Kier molecular flexibility index (Phi) is 2.77. The zero-order chi connectivity index (χ0) is 12.7. The van der Waals surface area contributed by atoms with E-state index in [0.29, 0.717) is 11.3 Å². The van der Waals surface area contributed by atoms with E-state index in [1.54, 1.807) is 0 Å². The van der Waals surface area contributed by atoms with Gasteiger partial charge >= 0.3 is 0 Å². The van der Waals surface area contributed by atoms with Gasteiger partial charge in [-0.3, -0.25) is 0 Å². The summed E-state index contributed by atoms with van der Waals surface area (Å²) in [5.74, 6) is -0.735. The van der Waals surface area contributed by atoms with E-state index >= 15 is 0 Å². The number of imidazole rings is 1. The molecule has 0 aliphatic rings. The second-order valence-corrected chi connectivity index (χ2v) is 5.12. The van der Waals surface area contributed by atoms with E-state index in [0.717, 1.165) is 15.2 Å². The van der Waals surface area contributed by atoms with Gasteiger partial charge in [-0.15, -0.1) is 0 Å². The second-order valence-electron chi connectivity index (χ2n) is 3.88. The zero-order valence-electron chi connectivity index (χ0n) is 9.05. The van der Waals surface area contributed by atoms with Crippen LogP contribution in [0.5, 0.6) is 0 Å². The van der Waals surface area contributed by atoms with E-state index in [4.69, 9.17) is 0 Å². The fraction of sp³-hybridized carbons (Fsp3) is 0. The van der Waals surface area contributed by atoms with Gasteiger partial charge in [-0.1, -0.05) is 12.1 Å². The molecule has 1 heterocycles. The van der Waals surface area contributed by atoms with Crippen molar-refractivity contribution in [3.63, 3.8) is 0 Å². The fourth-order valence-electron chi connectivity index (χ4n) is 1.79. The van der Waals surface area contributed by atoms with Crippen LogP contribution in [0.2, 0.25) is 0 Å². The summed E-state index contributed by atoms with van der Waals surface area (Å²) in [6.45, 7) is 0. The van der Waals surface area contributed by atoms with Crippen molar-refractivity contribution in [2.75, 3.05) is 0 Å². The molecular formula is C13H7F2IN2. The van der Waals surface area contributed by atoms with Crippen molar-refractivity contribution in [2.24, 2.45) is 0 Å². The molecule has 0 radical (unpaired) electrons. The van der Waals surface area contributed by atoms with Gasteiger partial charge < -0.3 is 4.98 Å². The molecule has 0 aliphatic carbocycles. The Morgan fingerprint density at radius 3 is 2.50 bits per heavy atom. The fourth-order valence-corrected chi connectivity index (χ4v) is 2.15. The van der Waals surface area contributed by atoms with Crippen LogP contribution >= 0.6 is 22.6 Å². The SMILES string of the molecule is Fc1cc(F)c2nc(-c3ccc(I)cc3)[nH]c2c1. The average Bonchev–Trinajstić information content (AvgIpc) is 2.74. The highest BCUT2D eigenvalue weighted by atomic mass is 127. The number of hydrogen-bond acceptors (Lipinski definition) is 1. The molecule has 2 nitrogen and oxygen atoms in total. The molecule has 0 spiro atoms. The number of aromatic nitrogens is 2. The third-order valence-corrected chi connectivity index (χ3v) is 3.34. The molecule has 1 N–H and O–H groups in total. The minimum atomic E-state index is -0.655. The summed E-state index contributed by atoms with van der Waals surface area (Å²) in [5.41, 5.74) is 1.36. The molecule has 3 aromatic rings. The maximum Gasteiger partial charge on any atom is 0.153 e. The van der Waals surface area contributed by atoms with Crippen molar-refractivity contribution >= 4 is 33.6 Å². The first-order chi connectivity index (χ1) is 8.63. The van der Waals surface area contributed by atoms with Crippen LogP contribution in [0.3, 0.4) is 0 Å². The lowest BCUT2D eigenvalue weighted by Crippen LogP contribution is -1.81. The van der Waals surface area contributed by atoms with E-state index in [1.807, 2.05) is 24.3 Å². The molecule has 0 fully saturated rings. The van der Waals surface area contributed by atoms with Crippen LogP contribution in [0.4, 0.5) is 8.78 Å². The lowest BCUT2D eigenvalue weighted by molar-refractivity contribution is 0.591. The molecule has 1 aromatic heterocycles. The van der Waals surface area contributed by atoms with Crippen molar-refractivity contribution in [2.45, 2.75) is 0 Å². The zero-order valence-corrected chi connectivity index (χ0v) is 11.2. The van der Waals surface area contributed by atoms with E-state index in [-0.39, 0.29) is 5.52 Å². The van der Waals surface area contributed by atoms with Gasteiger partial charge in [0.2, 0.25) is 0 Å². The van der Waals surface area contributed by atoms with Crippen LogP contribution in [-0.4, -0.2) is 9.97 Å². The number of rotatable bonds is 1. The molecule has 0 atom stereocenters. The molecule has 0 amide bonds. The van der Waals surface area contributed by atoms with Gasteiger partial charge in [-0.2, -0.15) is 0 Å². The van der Waals surface area contributed by atoms with Crippen LogP contribution < -0.4 is 0 Å². The highest BCUT2D eigenvalue weighted by Crippen LogP contribution is 2.23. The predicted molar refractivity (Wildman–Crippen MR) is 74.2 cm³/mol. The number of benzene rings is 2. The molecule has 0 unspecified atom stereocenters. The third kappa shape index (κ3) is 1.98. The Balaban J connectivity index is 2.19. The first kappa shape index (κ1) is 11.6. The van der Waals surface area contributed by atoms with Crippen LogP contribution in [0.15, 0.2) is 36.4 Å². The highest BCUT2D eigenvalue weighted by Gasteiger charge is 2.10. The first-order valence-corrected chi connectivity index (χ1v) is 6.32. The number of nitrogens with zero attached hydrogens (tertiary/aromatic N) is 1. The maximum absolute atomic E-state index is 13.5. The van der Waals surface area contributed by atoms with Crippen LogP contribution in [-0.2, 0) is 0 Å². The van der Waals surface area contributed by atoms with Crippen molar-refractivity contribution in [1.82, 2.24) is 9.97 Å². The van der Waals surface area contributed by atoms with E-state index in [2.05, 4.69) is 32.6 Å². The van der Waals surface area contributed by atoms with E-state index in [1.165, 1.54) is 6.07 Å². The normalized spacial score (nSPS) is 11.1. The van der Waals surface area contributed by atoms with Crippen molar-refractivity contribution in [3.05, 3.63) is 51.6 Å². The molecule has 5 heteroatoms.